The van der Waals surface area contributed by atoms with Gasteiger partial charge in [0.05, 0.1) is 47.3 Å². The Hall–Kier alpha value is -7.22. The molecule has 0 radical (unpaired) electrons. The smallest absolute Gasteiger partial charge is 0.273 e. The van der Waals surface area contributed by atoms with Gasteiger partial charge in [-0.2, -0.15) is 10.2 Å². The molecule has 0 fully saturated rings. The summed E-state index contributed by atoms with van der Waals surface area (Å²) in [6, 6.07) is 35.0. The van der Waals surface area contributed by atoms with Crippen LogP contribution in [0.15, 0.2) is 121 Å². The maximum absolute atomic E-state index is 13.3. The summed E-state index contributed by atoms with van der Waals surface area (Å²) >= 11 is 12.7. The number of ether oxygens (including phenoxy) is 3. The van der Waals surface area contributed by atoms with Gasteiger partial charge in [0.25, 0.3) is 11.8 Å². The molecule has 13 nitrogen and oxygen atoms in total. The summed E-state index contributed by atoms with van der Waals surface area (Å²) < 4.78 is 18.2. The lowest BCUT2D eigenvalue weighted by Gasteiger charge is -2.11. The summed E-state index contributed by atoms with van der Waals surface area (Å²) in [5.74, 6) is 1.27. The van der Waals surface area contributed by atoms with E-state index < -0.39 is 0 Å². The number of nitrogens with zero attached hydrogens (tertiary/aromatic N) is 3. The van der Waals surface area contributed by atoms with Crippen LogP contribution in [-0.2, 0) is 6.54 Å². The molecular weight excluding hydrogens is 843 g/mol. The van der Waals surface area contributed by atoms with Crippen LogP contribution in [0.4, 0.5) is 11.4 Å². The maximum Gasteiger partial charge on any atom is 0.273 e. The van der Waals surface area contributed by atoms with Crippen molar-refractivity contribution < 1.29 is 33.4 Å². The molecule has 5 aromatic carbocycles. The number of hydrogen-bond donors (Lipinski definition) is 3. The van der Waals surface area contributed by atoms with E-state index in [-0.39, 0.29) is 24.0 Å². The molecule has 0 aliphatic rings. The van der Waals surface area contributed by atoms with E-state index in [9.17, 15) is 19.2 Å². The van der Waals surface area contributed by atoms with Crippen molar-refractivity contribution in [3.05, 3.63) is 159 Å². The van der Waals surface area contributed by atoms with E-state index in [2.05, 4.69) is 20.8 Å². The van der Waals surface area contributed by atoms with Crippen LogP contribution in [0, 0.1) is 0 Å². The molecule has 3 N–H and O–H groups in total. The maximum atomic E-state index is 13.3. The second kappa shape index (κ2) is 21.0. The first-order valence-corrected chi connectivity index (χ1v) is 20.5. The Morgan fingerprint density at radius 3 is 1.65 bits per heavy atom. The summed E-state index contributed by atoms with van der Waals surface area (Å²) in [4.78, 5) is 47.2. The number of carbonyl (C=O) groups excluding carboxylic acids is 4. The topological polar surface area (TPSA) is 167 Å². The summed E-state index contributed by atoms with van der Waals surface area (Å²) in [6.07, 6.45) is 1.52. The lowest BCUT2D eigenvalue weighted by molar-refractivity contribution is 0.101. The number of halogens is 2. The second-order valence-electron chi connectivity index (χ2n) is 14.6. The van der Waals surface area contributed by atoms with Gasteiger partial charge in [-0.1, -0.05) is 35.3 Å². The van der Waals surface area contributed by atoms with Crippen LogP contribution >= 0.6 is 23.2 Å². The summed E-state index contributed by atoms with van der Waals surface area (Å²) in [5, 5.41) is 18.2. The fourth-order valence-electron chi connectivity index (χ4n) is 6.05. The molecule has 7 aromatic rings. The molecule has 2 heterocycles. The number of hydrogen-bond acceptors (Lipinski definition) is 9. The minimum atomic E-state index is -0.335. The van der Waals surface area contributed by atoms with Crippen molar-refractivity contribution in [1.29, 1.82) is 0 Å². The van der Waals surface area contributed by atoms with Gasteiger partial charge in [0.2, 0.25) is 0 Å². The van der Waals surface area contributed by atoms with E-state index in [1.807, 2.05) is 64.1 Å². The number of carbonyl (C=O) groups is 4. The number of amides is 2. The molecule has 2 amide bonds. The summed E-state index contributed by atoms with van der Waals surface area (Å²) in [7, 11) is 1.61. The van der Waals surface area contributed by atoms with Crippen molar-refractivity contribution in [1.82, 2.24) is 20.0 Å². The molecule has 0 saturated heterocycles. The molecule has 0 aliphatic heterocycles. The van der Waals surface area contributed by atoms with Gasteiger partial charge in [0.1, 0.15) is 41.2 Å². The molecular formula is C48H44Cl2N6O7. The van der Waals surface area contributed by atoms with E-state index in [4.69, 9.17) is 42.5 Å². The Labute approximate surface area is 374 Å². The summed E-state index contributed by atoms with van der Waals surface area (Å²) in [5.41, 5.74) is 6.58. The van der Waals surface area contributed by atoms with Gasteiger partial charge in [-0.05, 0) is 142 Å². The number of benzene rings is 5. The van der Waals surface area contributed by atoms with Crippen LogP contribution in [0.5, 0.6) is 17.2 Å². The standard InChI is InChI=1S/C28H26ClN3O4.C20H18ClN3O3/c1-18(2)36-27-13-8-21(14-24(27)29)25-15-26(28(34)30-22-9-4-20(17-33)5-10-22)32(31-25)16-19-6-11-23(35-3)12-7-19;1-12(2)27-19-8-5-14(9-16(19)21)17-10-18(24-23-17)20(26)22-15-6-3-13(11-25)4-7-15/h4-15,17-18H,16H2,1-3H3,(H,30,34);3-12H,1-2H3,(H,22,26)(H,23,24). The largest absolute Gasteiger partial charge is 0.497 e. The van der Waals surface area contributed by atoms with Crippen molar-refractivity contribution in [2.24, 2.45) is 0 Å². The first-order valence-electron chi connectivity index (χ1n) is 19.7. The van der Waals surface area contributed by atoms with Gasteiger partial charge < -0.3 is 24.8 Å². The molecule has 0 saturated carbocycles. The van der Waals surface area contributed by atoms with Gasteiger partial charge in [-0.3, -0.25) is 29.0 Å². The van der Waals surface area contributed by atoms with Crippen molar-refractivity contribution in [2.75, 3.05) is 17.7 Å². The lowest BCUT2D eigenvalue weighted by Crippen LogP contribution is -2.18. The summed E-state index contributed by atoms with van der Waals surface area (Å²) in [6.45, 7) is 8.09. The molecule has 2 aromatic heterocycles. The number of aromatic nitrogens is 4. The second-order valence-corrected chi connectivity index (χ2v) is 15.4. The van der Waals surface area contributed by atoms with Gasteiger partial charge in [0, 0.05) is 33.6 Å². The predicted molar refractivity (Wildman–Crippen MR) is 245 cm³/mol. The minimum Gasteiger partial charge on any atom is -0.497 e. The molecule has 0 spiro atoms. The SMILES string of the molecule is CC(C)Oc1ccc(-c2cc(C(=O)Nc3ccc(C=O)cc3)[nH]n2)cc1Cl.COc1ccc(Cn2nc(-c3ccc(OC(C)C)c(Cl)c3)cc2C(=O)Nc2ccc(C=O)cc2)cc1. The van der Waals surface area contributed by atoms with Crippen molar-refractivity contribution in [2.45, 2.75) is 46.4 Å². The number of methoxy groups -OCH3 is 1. The third-order valence-corrected chi connectivity index (χ3v) is 9.71. The fourth-order valence-corrected chi connectivity index (χ4v) is 6.50. The zero-order chi connectivity index (χ0) is 45.0. The van der Waals surface area contributed by atoms with Crippen LogP contribution in [0.25, 0.3) is 22.5 Å². The number of nitrogens with one attached hydrogen (secondary N) is 3. The monoisotopic (exact) mass is 886 g/mol. The molecule has 63 heavy (non-hydrogen) atoms. The molecule has 0 atom stereocenters. The Balaban J connectivity index is 0.000000219. The first-order chi connectivity index (χ1) is 30.3. The van der Waals surface area contributed by atoms with Crippen molar-refractivity contribution in [3.63, 3.8) is 0 Å². The van der Waals surface area contributed by atoms with Gasteiger partial charge in [0.15, 0.2) is 0 Å². The average molecular weight is 888 g/mol. The quantitative estimate of drug-likeness (QED) is 0.0849. The number of aromatic amines is 1. The Kier molecular flexibility index (Phi) is 15.1. The van der Waals surface area contributed by atoms with Crippen LogP contribution in [-0.4, -0.2) is 63.7 Å². The molecule has 0 bridgehead atoms. The Bertz CT molecular complexity index is 2690. The molecule has 7 rings (SSSR count). The highest BCUT2D eigenvalue weighted by molar-refractivity contribution is 6.32. The first kappa shape index (κ1) is 45.3. The van der Waals surface area contributed by atoms with Crippen molar-refractivity contribution in [3.8, 4) is 39.8 Å². The van der Waals surface area contributed by atoms with Gasteiger partial charge >= 0.3 is 0 Å². The van der Waals surface area contributed by atoms with Crippen LogP contribution in [0.1, 0.15) is 75.0 Å². The number of anilines is 2. The van der Waals surface area contributed by atoms with E-state index >= 15 is 0 Å². The van der Waals surface area contributed by atoms with Crippen molar-refractivity contribution >= 4 is 59.0 Å². The molecule has 322 valence electrons. The highest BCUT2D eigenvalue weighted by Crippen LogP contribution is 2.32. The number of H-pyrrole nitrogens is 1. The zero-order valence-corrected chi connectivity index (χ0v) is 36.5. The van der Waals surface area contributed by atoms with E-state index in [0.29, 0.717) is 73.4 Å². The highest BCUT2D eigenvalue weighted by Gasteiger charge is 2.19. The third-order valence-electron chi connectivity index (χ3n) is 9.12. The number of aldehydes is 2. The Morgan fingerprint density at radius 1 is 0.667 bits per heavy atom. The molecule has 0 aliphatic carbocycles. The predicted octanol–water partition coefficient (Wildman–Crippen LogP) is 10.7. The molecule has 0 unspecified atom stereocenters. The van der Waals surface area contributed by atoms with Crippen LogP contribution < -0.4 is 24.8 Å². The van der Waals surface area contributed by atoms with Gasteiger partial charge in [-0.25, -0.2) is 0 Å². The fraction of sp³-hybridized carbons (Fsp3) is 0.167. The zero-order valence-electron chi connectivity index (χ0n) is 35.0. The third kappa shape index (κ3) is 12.2. The normalized spacial score (nSPS) is 10.7. The van der Waals surface area contributed by atoms with E-state index in [1.54, 1.807) is 96.7 Å². The van der Waals surface area contributed by atoms with Crippen LogP contribution in [0.3, 0.4) is 0 Å². The van der Waals surface area contributed by atoms with E-state index in [0.717, 1.165) is 35.0 Å². The molecule has 15 heteroatoms. The lowest BCUT2D eigenvalue weighted by atomic mass is 10.1. The van der Waals surface area contributed by atoms with E-state index in [1.165, 1.54) is 0 Å². The Morgan fingerprint density at radius 2 is 1.17 bits per heavy atom. The highest BCUT2D eigenvalue weighted by atomic mass is 35.5. The van der Waals surface area contributed by atoms with Gasteiger partial charge in [-0.15, -0.1) is 0 Å². The number of rotatable bonds is 15. The van der Waals surface area contributed by atoms with Crippen LogP contribution in [0.2, 0.25) is 10.0 Å². The average Bonchev–Trinajstić information content (AvgIpc) is 3.95. The minimum absolute atomic E-state index is 0.00653.